The van der Waals surface area contributed by atoms with Gasteiger partial charge in [-0.15, -0.1) is 10.2 Å². The average Bonchev–Trinajstić information content (AvgIpc) is 2.85. The maximum absolute atomic E-state index is 10.7. The second kappa shape index (κ2) is 4.88. The molecule has 0 aliphatic carbocycles. The van der Waals surface area contributed by atoms with Crippen molar-refractivity contribution in [3.05, 3.63) is 28.0 Å². The molecule has 0 aromatic carbocycles. The van der Waals surface area contributed by atoms with E-state index in [1.54, 1.807) is 18.7 Å². The lowest BCUT2D eigenvalue weighted by molar-refractivity contribution is -0.391. The molecule has 2 aromatic heterocycles. The Morgan fingerprint density at radius 3 is 2.63 bits per heavy atom. The number of imidazole rings is 1. The summed E-state index contributed by atoms with van der Waals surface area (Å²) in [5, 5.41) is 18.1. The number of nitrogens with two attached hydrogens (primary N) is 1. The summed E-state index contributed by atoms with van der Waals surface area (Å²) in [4.78, 5) is 14.3. The lowest BCUT2D eigenvalue weighted by Crippen LogP contribution is -2.09. The van der Waals surface area contributed by atoms with Crippen LogP contribution in [0.4, 0.5) is 11.8 Å². The molecule has 1 atom stereocenters. The average molecular weight is 283 g/mol. The summed E-state index contributed by atoms with van der Waals surface area (Å²) in [7, 11) is 3.32. The van der Waals surface area contributed by atoms with Gasteiger partial charge in [0.2, 0.25) is 5.95 Å². The molecule has 2 rings (SSSR count). The highest BCUT2D eigenvalue weighted by Crippen LogP contribution is 2.24. The normalized spacial score (nSPS) is 12.6. The molecule has 0 saturated carbocycles. The van der Waals surface area contributed by atoms with E-state index >= 15 is 0 Å². The van der Waals surface area contributed by atoms with Crippen LogP contribution in [-0.2, 0) is 20.5 Å². The summed E-state index contributed by atoms with van der Waals surface area (Å²) in [5.74, 6) is 1.37. The minimum Gasteiger partial charge on any atom is -0.368 e. The van der Waals surface area contributed by atoms with Crippen LogP contribution in [0.1, 0.15) is 16.9 Å². The second-order valence-corrected chi connectivity index (χ2v) is 4.67. The van der Waals surface area contributed by atoms with Crippen molar-refractivity contribution >= 4 is 24.4 Å². The smallest absolute Gasteiger partial charge is 0.342 e. The van der Waals surface area contributed by atoms with Crippen molar-refractivity contribution < 1.29 is 4.92 Å². The lowest BCUT2D eigenvalue weighted by atomic mass is 10.2. The quantitative estimate of drug-likeness (QED) is 0.472. The second-order valence-electron chi connectivity index (χ2n) is 4.04. The van der Waals surface area contributed by atoms with Gasteiger partial charge in [0.05, 0.1) is 12.3 Å². The molecule has 0 aliphatic heterocycles. The minimum atomic E-state index is -0.482. The molecule has 2 aromatic rings. The molecular formula is C9H13N7O2S. The zero-order valence-corrected chi connectivity index (χ0v) is 11.3. The van der Waals surface area contributed by atoms with Gasteiger partial charge in [0, 0.05) is 13.5 Å². The fourth-order valence-corrected chi connectivity index (χ4v) is 2.09. The van der Waals surface area contributed by atoms with E-state index in [0.29, 0.717) is 24.0 Å². The van der Waals surface area contributed by atoms with E-state index in [0.717, 1.165) is 0 Å². The molecule has 9 nitrogen and oxygen atoms in total. The maximum Gasteiger partial charge on any atom is 0.342 e. The van der Waals surface area contributed by atoms with Gasteiger partial charge >= 0.3 is 5.82 Å². The topological polar surface area (TPSA) is 118 Å². The molecule has 0 fully saturated rings. The molecule has 0 amide bonds. The number of rotatable bonds is 4. The van der Waals surface area contributed by atoms with Gasteiger partial charge in [0.1, 0.15) is 12.0 Å². The Morgan fingerprint density at radius 1 is 1.47 bits per heavy atom. The third-order valence-corrected chi connectivity index (χ3v) is 3.28. The highest BCUT2D eigenvalue weighted by atomic mass is 32.1. The first-order valence-electron chi connectivity index (χ1n) is 5.39. The molecule has 1 unspecified atom stereocenters. The Morgan fingerprint density at radius 2 is 2.16 bits per heavy atom. The lowest BCUT2D eigenvalue weighted by Gasteiger charge is -2.08. The van der Waals surface area contributed by atoms with E-state index in [1.807, 2.05) is 0 Å². The van der Waals surface area contributed by atoms with Gasteiger partial charge in [-0.2, -0.15) is 12.6 Å². The van der Waals surface area contributed by atoms with Gasteiger partial charge in [0.15, 0.2) is 5.82 Å². The summed E-state index contributed by atoms with van der Waals surface area (Å²) in [6, 6.07) is 0. The number of nitrogen functional groups attached to an aromatic ring is 1. The molecule has 0 saturated heterocycles. The molecule has 0 spiro atoms. The number of hydrogen-bond acceptors (Lipinski definition) is 7. The van der Waals surface area contributed by atoms with E-state index < -0.39 is 4.92 Å². The Labute approximate surface area is 114 Å². The van der Waals surface area contributed by atoms with Gasteiger partial charge in [-0.25, -0.2) is 9.55 Å². The molecule has 2 N–H and O–H groups in total. The number of nitro groups is 1. The van der Waals surface area contributed by atoms with Crippen LogP contribution in [0.2, 0.25) is 0 Å². The molecular weight excluding hydrogens is 270 g/mol. The number of thiol groups is 1. The van der Waals surface area contributed by atoms with Crippen LogP contribution in [0.15, 0.2) is 6.20 Å². The molecule has 0 aliphatic rings. The van der Waals surface area contributed by atoms with Gasteiger partial charge < -0.3 is 15.8 Å². The summed E-state index contributed by atoms with van der Waals surface area (Å²) < 4.78 is 3.04. The van der Waals surface area contributed by atoms with Gasteiger partial charge in [0.25, 0.3) is 0 Å². The van der Waals surface area contributed by atoms with Crippen molar-refractivity contribution in [3.8, 4) is 0 Å². The van der Waals surface area contributed by atoms with Crippen molar-refractivity contribution in [2.45, 2.75) is 11.7 Å². The number of nitrogens with zero attached hydrogens (tertiary/aromatic N) is 6. The van der Waals surface area contributed by atoms with Crippen molar-refractivity contribution in [2.24, 2.45) is 14.1 Å². The maximum atomic E-state index is 10.7. The molecule has 10 heteroatoms. The number of hydrogen-bond donors (Lipinski definition) is 2. The van der Waals surface area contributed by atoms with Crippen LogP contribution in [0.25, 0.3) is 0 Å². The minimum absolute atomic E-state index is 0.0620. The predicted octanol–water partition coefficient (Wildman–Crippen LogP) is 0.253. The van der Waals surface area contributed by atoms with E-state index in [4.69, 9.17) is 5.73 Å². The molecule has 0 bridgehead atoms. The summed E-state index contributed by atoms with van der Waals surface area (Å²) >= 11 is 4.42. The van der Waals surface area contributed by atoms with E-state index in [2.05, 4.69) is 27.8 Å². The summed E-state index contributed by atoms with van der Waals surface area (Å²) in [5.41, 5.74) is 5.59. The van der Waals surface area contributed by atoms with E-state index in [1.165, 1.54) is 10.8 Å². The third kappa shape index (κ3) is 2.38. The largest absolute Gasteiger partial charge is 0.368 e. The first-order valence-corrected chi connectivity index (χ1v) is 5.91. The van der Waals surface area contributed by atoms with Gasteiger partial charge in [-0.3, -0.25) is 4.57 Å². The molecule has 102 valence electrons. The first-order chi connectivity index (χ1) is 8.91. The zero-order valence-electron chi connectivity index (χ0n) is 10.4. The van der Waals surface area contributed by atoms with Crippen LogP contribution < -0.4 is 5.73 Å². The molecule has 0 radical (unpaired) electrons. The van der Waals surface area contributed by atoms with Crippen LogP contribution in [0.5, 0.6) is 0 Å². The highest BCUT2D eigenvalue weighted by Gasteiger charge is 2.22. The third-order valence-electron chi connectivity index (χ3n) is 2.86. The highest BCUT2D eigenvalue weighted by molar-refractivity contribution is 7.80. The number of anilines is 1. The van der Waals surface area contributed by atoms with Crippen LogP contribution in [0, 0.1) is 10.1 Å². The first kappa shape index (κ1) is 13.3. The monoisotopic (exact) mass is 283 g/mol. The fraction of sp³-hybridized carbons (Fsp3) is 0.444. The molecule has 19 heavy (non-hydrogen) atoms. The van der Waals surface area contributed by atoms with Crippen LogP contribution >= 0.6 is 12.6 Å². The zero-order chi connectivity index (χ0) is 14.2. The summed E-state index contributed by atoms with van der Waals surface area (Å²) in [6.45, 7) is 0. The fourth-order valence-electron chi connectivity index (χ4n) is 1.71. The van der Waals surface area contributed by atoms with Crippen molar-refractivity contribution in [1.82, 2.24) is 24.3 Å². The number of aromatic nitrogens is 5. The van der Waals surface area contributed by atoms with Crippen molar-refractivity contribution in [1.29, 1.82) is 0 Å². The van der Waals surface area contributed by atoms with E-state index in [-0.39, 0.29) is 11.1 Å². The Bertz CT molecular complexity index is 620. The Balaban J connectivity index is 2.22. The van der Waals surface area contributed by atoms with Crippen LogP contribution in [-0.4, -0.2) is 29.2 Å². The molecule has 2 heterocycles. The Hall–Kier alpha value is -2.10. The van der Waals surface area contributed by atoms with Crippen molar-refractivity contribution in [2.75, 3.05) is 5.73 Å². The van der Waals surface area contributed by atoms with Gasteiger partial charge in [-0.05, 0) is 4.92 Å². The SMILES string of the molecule is Cn1c([N+](=O)[O-])cnc1CC(S)c1nnc(N)n1C. The standard InChI is InChI=1S/C9H13N7O2S/c1-14-6(11-4-7(14)16(17)18)3-5(19)8-12-13-9(10)15(8)2/h4-5,19H,3H2,1-2H3,(H2,10,13). The predicted molar refractivity (Wildman–Crippen MR) is 70.7 cm³/mol. The van der Waals surface area contributed by atoms with Crippen molar-refractivity contribution in [3.63, 3.8) is 0 Å². The van der Waals surface area contributed by atoms with Gasteiger partial charge in [-0.1, -0.05) is 0 Å². The van der Waals surface area contributed by atoms with E-state index in [9.17, 15) is 10.1 Å². The summed E-state index contributed by atoms with van der Waals surface area (Å²) in [6.07, 6.45) is 1.61. The Kier molecular flexibility index (Phi) is 3.42. The van der Waals surface area contributed by atoms with Crippen LogP contribution in [0.3, 0.4) is 0 Å².